The fourth-order valence-corrected chi connectivity index (χ4v) is 2.22. The number of nitrogens with zero attached hydrogens (tertiary/aromatic N) is 1. The van der Waals surface area contributed by atoms with Gasteiger partial charge in [0.15, 0.2) is 17.5 Å². The second-order valence-corrected chi connectivity index (χ2v) is 5.07. The lowest BCUT2D eigenvalue weighted by Crippen LogP contribution is -2.37. The molecule has 0 spiro atoms. The van der Waals surface area contributed by atoms with Crippen LogP contribution in [0.15, 0.2) is 23.2 Å². The summed E-state index contributed by atoms with van der Waals surface area (Å²) in [4.78, 5) is 4.34. The standard InChI is InChI=1S/C14H19N3O2.HI/c15-14(16-7-10-2-1-3-10)17-8-11-4-5-12-13(6-11)19-9-18-12;/h4-6,10H,1-3,7-9H2,(H3,15,16,17);1H. The molecule has 1 fully saturated rings. The zero-order valence-electron chi connectivity index (χ0n) is 11.3. The highest BCUT2D eigenvalue weighted by Gasteiger charge is 2.17. The number of halogens is 1. The molecular formula is C14H20IN3O2. The molecule has 20 heavy (non-hydrogen) atoms. The number of nitrogens with two attached hydrogens (primary N) is 1. The Morgan fingerprint density at radius 3 is 2.85 bits per heavy atom. The number of hydrogen-bond donors (Lipinski definition) is 2. The van der Waals surface area contributed by atoms with E-state index in [9.17, 15) is 0 Å². The van der Waals surface area contributed by atoms with Crippen LogP contribution < -0.4 is 20.5 Å². The van der Waals surface area contributed by atoms with Gasteiger partial charge in [0.1, 0.15) is 0 Å². The summed E-state index contributed by atoms with van der Waals surface area (Å²) in [5.74, 6) is 2.88. The van der Waals surface area contributed by atoms with E-state index in [1.54, 1.807) is 0 Å². The third-order valence-corrected chi connectivity index (χ3v) is 3.67. The van der Waals surface area contributed by atoms with Crippen molar-refractivity contribution in [1.29, 1.82) is 0 Å². The van der Waals surface area contributed by atoms with Gasteiger partial charge in [-0.3, -0.25) is 0 Å². The van der Waals surface area contributed by atoms with Crippen molar-refractivity contribution in [2.24, 2.45) is 16.6 Å². The Labute approximate surface area is 135 Å². The summed E-state index contributed by atoms with van der Waals surface area (Å²) in [6, 6.07) is 5.84. The predicted molar refractivity (Wildman–Crippen MR) is 88.7 cm³/mol. The molecule has 1 aromatic carbocycles. The molecule has 1 aliphatic carbocycles. The van der Waals surface area contributed by atoms with Gasteiger partial charge >= 0.3 is 0 Å². The molecule has 0 bridgehead atoms. The number of guanidine groups is 1. The number of fused-ring (bicyclic) bond motifs is 1. The molecule has 6 heteroatoms. The van der Waals surface area contributed by atoms with Gasteiger partial charge in [0.05, 0.1) is 6.54 Å². The van der Waals surface area contributed by atoms with Gasteiger partial charge in [-0.1, -0.05) is 12.5 Å². The van der Waals surface area contributed by atoms with Gasteiger partial charge in [0.25, 0.3) is 0 Å². The van der Waals surface area contributed by atoms with E-state index in [-0.39, 0.29) is 24.0 Å². The summed E-state index contributed by atoms with van der Waals surface area (Å²) in [6.07, 6.45) is 3.96. The molecule has 0 amide bonds. The lowest BCUT2D eigenvalue weighted by Gasteiger charge is -2.25. The van der Waals surface area contributed by atoms with E-state index >= 15 is 0 Å². The Kier molecular flexibility index (Phi) is 5.33. The van der Waals surface area contributed by atoms with Crippen LogP contribution in [0.3, 0.4) is 0 Å². The molecule has 3 rings (SSSR count). The zero-order chi connectivity index (χ0) is 13.1. The zero-order valence-corrected chi connectivity index (χ0v) is 13.6. The van der Waals surface area contributed by atoms with Crippen molar-refractivity contribution in [3.8, 4) is 11.5 Å². The van der Waals surface area contributed by atoms with Gasteiger partial charge in [-0.15, -0.1) is 24.0 Å². The summed E-state index contributed by atoms with van der Waals surface area (Å²) >= 11 is 0. The van der Waals surface area contributed by atoms with Crippen molar-refractivity contribution in [2.45, 2.75) is 25.8 Å². The molecule has 0 saturated heterocycles. The highest BCUT2D eigenvalue weighted by atomic mass is 127. The first kappa shape index (κ1) is 15.2. The molecule has 1 aliphatic heterocycles. The number of ether oxygens (including phenoxy) is 2. The molecule has 0 radical (unpaired) electrons. The average Bonchev–Trinajstić information content (AvgIpc) is 2.81. The van der Waals surface area contributed by atoms with Gasteiger partial charge < -0.3 is 20.5 Å². The van der Waals surface area contributed by atoms with Crippen molar-refractivity contribution >= 4 is 29.9 Å². The Morgan fingerprint density at radius 2 is 2.10 bits per heavy atom. The Bertz CT molecular complexity index is 489. The van der Waals surface area contributed by atoms with Crippen molar-refractivity contribution < 1.29 is 9.47 Å². The largest absolute Gasteiger partial charge is 0.454 e. The van der Waals surface area contributed by atoms with Crippen LogP contribution in [0.2, 0.25) is 0 Å². The van der Waals surface area contributed by atoms with Crippen LogP contribution in [0.5, 0.6) is 11.5 Å². The van der Waals surface area contributed by atoms with Crippen LogP contribution in [0, 0.1) is 5.92 Å². The quantitative estimate of drug-likeness (QED) is 0.471. The maximum absolute atomic E-state index is 5.84. The topological polar surface area (TPSA) is 68.9 Å². The lowest BCUT2D eigenvalue weighted by molar-refractivity contribution is 0.174. The Morgan fingerprint density at radius 1 is 1.30 bits per heavy atom. The third kappa shape index (κ3) is 3.68. The summed E-state index contributed by atoms with van der Waals surface area (Å²) in [7, 11) is 0. The summed E-state index contributed by atoms with van der Waals surface area (Å²) in [6.45, 7) is 1.80. The van der Waals surface area contributed by atoms with Crippen LogP contribution in [-0.4, -0.2) is 19.3 Å². The molecule has 0 atom stereocenters. The van der Waals surface area contributed by atoms with Gasteiger partial charge in [-0.25, -0.2) is 4.99 Å². The van der Waals surface area contributed by atoms with Gasteiger partial charge in [0, 0.05) is 6.54 Å². The first-order valence-electron chi connectivity index (χ1n) is 6.73. The molecule has 0 unspecified atom stereocenters. The van der Waals surface area contributed by atoms with Crippen LogP contribution in [-0.2, 0) is 6.54 Å². The second kappa shape index (κ2) is 7.01. The average molecular weight is 389 g/mol. The molecule has 1 aromatic rings. The first-order valence-corrected chi connectivity index (χ1v) is 6.73. The molecule has 5 nitrogen and oxygen atoms in total. The number of rotatable bonds is 4. The van der Waals surface area contributed by atoms with Crippen LogP contribution in [0.25, 0.3) is 0 Å². The van der Waals surface area contributed by atoms with E-state index < -0.39 is 0 Å². The fourth-order valence-electron chi connectivity index (χ4n) is 2.22. The van der Waals surface area contributed by atoms with E-state index in [2.05, 4.69) is 10.3 Å². The SMILES string of the molecule is I.NC(=NCc1ccc2c(c1)OCO2)NCC1CCC1. The monoisotopic (exact) mass is 389 g/mol. The minimum atomic E-state index is 0. The highest BCUT2D eigenvalue weighted by molar-refractivity contribution is 14.0. The number of aliphatic imine (C=N–C) groups is 1. The van der Waals surface area contributed by atoms with Crippen molar-refractivity contribution in [1.82, 2.24) is 5.32 Å². The normalized spacial score (nSPS) is 17.3. The minimum Gasteiger partial charge on any atom is -0.454 e. The smallest absolute Gasteiger partial charge is 0.231 e. The van der Waals surface area contributed by atoms with E-state index in [1.165, 1.54) is 19.3 Å². The van der Waals surface area contributed by atoms with Crippen LogP contribution in [0.1, 0.15) is 24.8 Å². The Balaban J connectivity index is 0.00000147. The van der Waals surface area contributed by atoms with Gasteiger partial charge in [0.2, 0.25) is 6.79 Å². The third-order valence-electron chi connectivity index (χ3n) is 3.67. The molecule has 1 saturated carbocycles. The highest BCUT2D eigenvalue weighted by Crippen LogP contribution is 2.32. The van der Waals surface area contributed by atoms with Crippen molar-refractivity contribution in [3.05, 3.63) is 23.8 Å². The lowest BCUT2D eigenvalue weighted by atomic mass is 9.85. The Hall–Kier alpha value is -1.18. The number of nitrogens with one attached hydrogen (secondary N) is 1. The van der Waals surface area contributed by atoms with Crippen molar-refractivity contribution in [2.75, 3.05) is 13.3 Å². The van der Waals surface area contributed by atoms with Gasteiger partial charge in [-0.05, 0) is 36.5 Å². The molecule has 1 heterocycles. The molecule has 3 N–H and O–H groups in total. The van der Waals surface area contributed by atoms with E-state index in [4.69, 9.17) is 15.2 Å². The molecule has 110 valence electrons. The summed E-state index contributed by atoms with van der Waals surface area (Å²) in [5.41, 5.74) is 6.91. The molecule has 0 aromatic heterocycles. The number of hydrogen-bond acceptors (Lipinski definition) is 3. The molecule has 2 aliphatic rings. The van der Waals surface area contributed by atoms with Crippen LogP contribution >= 0.6 is 24.0 Å². The van der Waals surface area contributed by atoms with Gasteiger partial charge in [-0.2, -0.15) is 0 Å². The van der Waals surface area contributed by atoms with E-state index in [1.807, 2.05) is 18.2 Å². The maximum Gasteiger partial charge on any atom is 0.231 e. The van der Waals surface area contributed by atoms with Crippen molar-refractivity contribution in [3.63, 3.8) is 0 Å². The predicted octanol–water partition coefficient (Wildman–Crippen LogP) is 2.24. The van der Waals surface area contributed by atoms with E-state index in [0.717, 1.165) is 29.5 Å². The first-order chi connectivity index (χ1) is 9.31. The summed E-state index contributed by atoms with van der Waals surface area (Å²) < 4.78 is 10.6. The maximum atomic E-state index is 5.84. The fraction of sp³-hybridized carbons (Fsp3) is 0.500. The van der Waals surface area contributed by atoms with E-state index in [0.29, 0.717) is 19.3 Å². The summed E-state index contributed by atoms with van der Waals surface area (Å²) in [5, 5.41) is 3.18. The minimum absolute atomic E-state index is 0. The molecular weight excluding hydrogens is 369 g/mol. The second-order valence-electron chi connectivity index (χ2n) is 5.07. The number of benzene rings is 1. The van der Waals surface area contributed by atoms with Crippen LogP contribution in [0.4, 0.5) is 0 Å².